The first kappa shape index (κ1) is 44.3. The Kier molecular flexibility index (Phi) is 12.7. The van der Waals surface area contributed by atoms with Crippen LogP contribution in [-0.2, 0) is 19.2 Å². The Morgan fingerprint density at radius 1 is 0.818 bits per heavy atom. The van der Waals surface area contributed by atoms with Crippen molar-refractivity contribution in [2.24, 2.45) is 11.3 Å². The number of rotatable bonds is 14. The second-order valence-corrected chi connectivity index (χ2v) is 17.6. The Hall–Kier alpha value is -6.88. The third-order valence-electron chi connectivity index (χ3n) is 13.4. The number of piperidine rings is 2. The number of aromatic nitrogens is 2. The summed E-state index contributed by atoms with van der Waals surface area (Å²) >= 11 is 0. The molecule has 4 fully saturated rings. The monoisotopic (exact) mass is 901 g/mol. The summed E-state index contributed by atoms with van der Waals surface area (Å²) in [6.45, 7) is 5.81. The van der Waals surface area contributed by atoms with Gasteiger partial charge in [-0.1, -0.05) is 0 Å². The van der Waals surface area contributed by atoms with E-state index in [1.807, 2.05) is 11.0 Å². The zero-order valence-electron chi connectivity index (χ0n) is 37.0. The quantitative estimate of drug-likeness (QED) is 0.0613. The number of piperazine rings is 1. The van der Waals surface area contributed by atoms with Gasteiger partial charge in [0.1, 0.15) is 40.3 Å². The number of fused-ring (bicyclic) bond motifs is 1. The van der Waals surface area contributed by atoms with Crippen LogP contribution in [0.3, 0.4) is 0 Å². The minimum atomic E-state index is -1.17. The number of pyridine rings is 2. The molecule has 0 radical (unpaired) electrons. The molecule has 1 saturated carbocycles. The fraction of sp³-hybridized carbons (Fsp3) is 0.388. The van der Waals surface area contributed by atoms with E-state index in [9.17, 15) is 23.6 Å². The molecule has 15 nitrogen and oxygen atoms in total. The summed E-state index contributed by atoms with van der Waals surface area (Å²) in [5.41, 5.74) is 1.99. The molecule has 5 aromatic rings. The smallest absolute Gasteiger partial charge is 0.249 e. The summed E-state index contributed by atoms with van der Waals surface area (Å²) in [5.74, 6) is 0.355. The standard InChI is InChI=1S/C49H53F2N9O6/c1-57(39-12-14-44(61)56-46(39)62)43-13-11-38(45(51)55-43)60-27-25-58(26-28-60)22-16-31-17-23-59(24-18-31)40-30-37-36(29-42(40)65-2)41(15-21-52-37)66-35-9-7-34(8-10-35)54-48(64)49(19-20-49)47(63)53-33-5-3-32(50)4-6-33/h3-11,13,15,21,29-31,39H,12,14,16-20,22-28H2,1-2H3,(H,53,63)(H,54,64)(H,56,61,62). The highest BCUT2D eigenvalue weighted by Crippen LogP contribution is 2.48. The van der Waals surface area contributed by atoms with E-state index in [0.29, 0.717) is 72.6 Å². The first-order chi connectivity index (χ1) is 32.0. The highest BCUT2D eigenvalue weighted by molar-refractivity contribution is 6.17. The number of hydrogen-bond acceptors (Lipinski definition) is 12. The van der Waals surface area contributed by atoms with E-state index >= 15 is 4.39 Å². The van der Waals surface area contributed by atoms with Gasteiger partial charge in [0, 0.05) is 75.7 Å². The lowest BCUT2D eigenvalue weighted by Gasteiger charge is -2.38. The predicted octanol–water partition coefficient (Wildman–Crippen LogP) is 6.74. The summed E-state index contributed by atoms with van der Waals surface area (Å²) in [4.78, 5) is 67.5. The summed E-state index contributed by atoms with van der Waals surface area (Å²) < 4.78 is 40.9. The van der Waals surface area contributed by atoms with E-state index in [-0.39, 0.29) is 18.2 Å². The third kappa shape index (κ3) is 9.57. The second-order valence-electron chi connectivity index (χ2n) is 17.6. The van der Waals surface area contributed by atoms with Gasteiger partial charge in [-0.3, -0.25) is 34.4 Å². The second kappa shape index (κ2) is 18.9. The summed E-state index contributed by atoms with van der Waals surface area (Å²) in [5, 5.41) is 8.73. The maximum atomic E-state index is 15.3. The maximum Gasteiger partial charge on any atom is 0.249 e. The van der Waals surface area contributed by atoms with E-state index < -0.39 is 35.0 Å². The minimum Gasteiger partial charge on any atom is -0.495 e. The van der Waals surface area contributed by atoms with Crippen molar-refractivity contribution in [1.29, 1.82) is 0 Å². The summed E-state index contributed by atoms with van der Waals surface area (Å²) in [6, 6.07) is 21.1. The van der Waals surface area contributed by atoms with E-state index in [1.54, 1.807) is 67.7 Å². The molecule has 9 rings (SSSR count). The number of halogens is 2. The summed E-state index contributed by atoms with van der Waals surface area (Å²) in [6.07, 6.45) is 6.36. The Bertz CT molecular complexity index is 2610. The molecule has 1 aliphatic carbocycles. The van der Waals surface area contributed by atoms with E-state index in [1.165, 1.54) is 24.3 Å². The number of hydrogen-bond donors (Lipinski definition) is 3. The molecule has 1 atom stereocenters. The molecule has 66 heavy (non-hydrogen) atoms. The number of nitrogens with one attached hydrogen (secondary N) is 3. The number of benzene rings is 3. The van der Waals surface area contributed by atoms with Gasteiger partial charge in [-0.15, -0.1) is 0 Å². The van der Waals surface area contributed by atoms with E-state index in [4.69, 9.17) is 9.47 Å². The third-order valence-corrected chi connectivity index (χ3v) is 13.4. The van der Waals surface area contributed by atoms with Crippen molar-refractivity contribution in [1.82, 2.24) is 20.2 Å². The van der Waals surface area contributed by atoms with Crippen LogP contribution in [0.15, 0.2) is 85.1 Å². The van der Waals surface area contributed by atoms with Gasteiger partial charge >= 0.3 is 0 Å². The van der Waals surface area contributed by atoms with Crippen LogP contribution in [0.2, 0.25) is 0 Å². The van der Waals surface area contributed by atoms with Crippen molar-refractivity contribution < 1.29 is 37.4 Å². The van der Waals surface area contributed by atoms with Crippen LogP contribution in [0.5, 0.6) is 17.2 Å². The number of nitrogens with zero attached hydrogens (tertiary/aromatic N) is 6. The first-order valence-corrected chi connectivity index (χ1v) is 22.5. The van der Waals surface area contributed by atoms with Gasteiger partial charge in [-0.05, 0) is 130 Å². The average Bonchev–Trinajstić information content (AvgIpc) is 4.15. The van der Waals surface area contributed by atoms with Crippen molar-refractivity contribution >= 4 is 63.1 Å². The molecule has 344 valence electrons. The number of amides is 4. The van der Waals surface area contributed by atoms with Gasteiger partial charge in [0.25, 0.3) is 0 Å². The number of anilines is 5. The normalized spacial score (nSPS) is 18.7. The van der Waals surface area contributed by atoms with Crippen molar-refractivity contribution in [2.75, 3.05) is 85.3 Å². The Labute approximate surface area is 381 Å². The number of methoxy groups -OCH3 is 1. The average molecular weight is 902 g/mol. The fourth-order valence-electron chi connectivity index (χ4n) is 9.19. The predicted molar refractivity (Wildman–Crippen MR) is 247 cm³/mol. The number of carbonyl (C=O) groups excluding carboxylic acids is 4. The molecule has 3 aliphatic heterocycles. The zero-order valence-corrected chi connectivity index (χ0v) is 37.0. The minimum absolute atomic E-state index is 0.242. The lowest BCUT2D eigenvalue weighted by Crippen LogP contribution is -2.51. The van der Waals surface area contributed by atoms with Crippen molar-refractivity contribution in [3.63, 3.8) is 0 Å². The molecule has 2 aromatic heterocycles. The molecule has 4 aliphatic rings. The van der Waals surface area contributed by atoms with Crippen LogP contribution in [0.1, 0.15) is 44.9 Å². The van der Waals surface area contributed by atoms with Crippen LogP contribution in [0.25, 0.3) is 10.9 Å². The van der Waals surface area contributed by atoms with Gasteiger partial charge < -0.3 is 34.8 Å². The first-order valence-electron chi connectivity index (χ1n) is 22.5. The van der Waals surface area contributed by atoms with Gasteiger partial charge in [0.15, 0.2) is 0 Å². The molecule has 3 N–H and O–H groups in total. The zero-order chi connectivity index (χ0) is 46.0. The number of carbonyl (C=O) groups is 4. The van der Waals surface area contributed by atoms with Crippen LogP contribution in [-0.4, -0.2) is 105 Å². The fourth-order valence-corrected chi connectivity index (χ4v) is 9.19. The molecule has 0 spiro atoms. The lowest BCUT2D eigenvalue weighted by atomic mass is 9.92. The topological polar surface area (TPSA) is 162 Å². The molecule has 0 bridgehead atoms. The number of ether oxygens (including phenoxy) is 2. The Balaban J connectivity index is 0.745. The van der Waals surface area contributed by atoms with E-state index in [0.717, 1.165) is 74.3 Å². The van der Waals surface area contributed by atoms with Crippen LogP contribution < -0.4 is 40.1 Å². The summed E-state index contributed by atoms with van der Waals surface area (Å²) in [7, 11) is 3.36. The van der Waals surface area contributed by atoms with Crippen LogP contribution in [0.4, 0.5) is 37.3 Å². The van der Waals surface area contributed by atoms with Gasteiger partial charge in [0.05, 0.1) is 24.0 Å². The largest absolute Gasteiger partial charge is 0.495 e. The number of imide groups is 1. The van der Waals surface area contributed by atoms with Gasteiger partial charge in [0.2, 0.25) is 29.6 Å². The lowest BCUT2D eigenvalue weighted by molar-refractivity contribution is -0.134. The molecule has 3 saturated heterocycles. The SMILES string of the molecule is COc1cc2c(Oc3ccc(NC(=O)C4(C(=O)Nc5ccc(F)cc5)CC4)cc3)ccnc2cc1N1CCC(CCN2CCN(c3ccc(N(C)C4CCC(=O)NC4=O)nc3F)CC2)CC1. The van der Waals surface area contributed by atoms with Crippen LogP contribution in [0, 0.1) is 23.1 Å². The highest BCUT2D eigenvalue weighted by Gasteiger charge is 2.56. The number of likely N-dealkylation sites (N-methyl/N-ethyl adjacent to an activating group) is 1. The van der Waals surface area contributed by atoms with Crippen LogP contribution >= 0.6 is 0 Å². The molecular weight excluding hydrogens is 849 g/mol. The van der Waals surface area contributed by atoms with Gasteiger partial charge in [-0.25, -0.2) is 9.37 Å². The maximum absolute atomic E-state index is 15.3. The molecule has 4 amide bonds. The molecule has 1 unspecified atom stereocenters. The van der Waals surface area contributed by atoms with E-state index in [2.05, 4.69) is 41.8 Å². The Morgan fingerprint density at radius 2 is 1.48 bits per heavy atom. The molecular formula is C49H53F2N9O6. The van der Waals surface area contributed by atoms with Crippen molar-refractivity contribution in [3.05, 3.63) is 96.8 Å². The molecule has 17 heteroatoms. The van der Waals surface area contributed by atoms with Crippen molar-refractivity contribution in [2.45, 2.75) is 51.0 Å². The highest BCUT2D eigenvalue weighted by atomic mass is 19.1. The molecule has 3 aromatic carbocycles. The Morgan fingerprint density at radius 3 is 2.12 bits per heavy atom. The van der Waals surface area contributed by atoms with Gasteiger partial charge in [-0.2, -0.15) is 4.39 Å². The molecule has 5 heterocycles. The van der Waals surface area contributed by atoms with Crippen molar-refractivity contribution in [3.8, 4) is 17.2 Å².